The van der Waals surface area contributed by atoms with Gasteiger partial charge in [0.2, 0.25) is 0 Å². The van der Waals surface area contributed by atoms with Gasteiger partial charge in [-0.1, -0.05) is 133 Å². The molecule has 46 heavy (non-hydrogen) atoms. The molecule has 0 fully saturated rings. The minimum Gasteiger partial charge on any atom is -0.372 e. The number of para-hydroxylation sites is 2. The van der Waals surface area contributed by atoms with Crippen molar-refractivity contribution >= 4 is 33.9 Å². The first-order chi connectivity index (χ1) is 22.7. The predicted molar refractivity (Wildman–Crippen MR) is 198 cm³/mol. The van der Waals surface area contributed by atoms with Crippen molar-refractivity contribution in [1.29, 1.82) is 0 Å². The fourth-order valence-corrected chi connectivity index (χ4v) is 5.95. The summed E-state index contributed by atoms with van der Waals surface area (Å²) in [6, 6.07) is 60.3. The third kappa shape index (κ3) is 7.03. The number of nitrogens with zero attached hydrogens (tertiary/aromatic N) is 2. The van der Waals surface area contributed by atoms with Gasteiger partial charge in [-0.25, -0.2) is 0 Å². The molecule has 6 aromatic carbocycles. The summed E-state index contributed by atoms with van der Waals surface area (Å²) in [7, 11) is 0. The van der Waals surface area contributed by atoms with Gasteiger partial charge < -0.3 is 9.80 Å². The van der Waals surface area contributed by atoms with Gasteiger partial charge in [0.25, 0.3) is 0 Å². The van der Waals surface area contributed by atoms with Crippen LogP contribution in [-0.4, -0.2) is 13.1 Å². The van der Waals surface area contributed by atoms with Crippen LogP contribution in [0.4, 0.5) is 22.7 Å². The van der Waals surface area contributed by atoms with Gasteiger partial charge in [-0.15, -0.1) is 0 Å². The molecule has 2 heteroatoms. The van der Waals surface area contributed by atoms with Gasteiger partial charge in [0.05, 0.1) is 0 Å². The molecule has 226 valence electrons. The van der Waals surface area contributed by atoms with Crippen LogP contribution >= 0.6 is 0 Å². The Labute approximate surface area is 274 Å². The zero-order valence-electron chi connectivity index (χ0n) is 26.6. The summed E-state index contributed by atoms with van der Waals surface area (Å²) >= 11 is 0. The van der Waals surface area contributed by atoms with E-state index in [1.165, 1.54) is 33.5 Å². The topological polar surface area (TPSA) is 6.48 Å². The van der Waals surface area contributed by atoms with E-state index < -0.39 is 0 Å². The van der Waals surface area contributed by atoms with E-state index in [1.54, 1.807) is 0 Å². The first-order valence-corrected chi connectivity index (χ1v) is 16.1. The number of hydrogen-bond donors (Lipinski definition) is 0. The SMILES string of the molecule is CCN(CC)c1ccc(C(=CC=C(c2ccccc2)c2ccccc2)c2ccc(N(c3ccccc3)c3ccccc3)cc2)cc1. The summed E-state index contributed by atoms with van der Waals surface area (Å²) in [5.41, 5.74) is 11.7. The standard InChI is InChI=1S/C44H40N2/c1-3-45(4-2)39-29-25-37(26-30-39)44(34-33-43(35-17-9-5-10-18-35)36-19-11-6-12-20-36)38-27-31-42(32-28-38)46(40-21-13-7-14-22-40)41-23-15-8-16-24-41/h5-34H,3-4H2,1-2H3. The molecular weight excluding hydrogens is 556 g/mol. The predicted octanol–water partition coefficient (Wildman–Crippen LogP) is 11.6. The van der Waals surface area contributed by atoms with Crippen LogP contribution in [0.3, 0.4) is 0 Å². The molecule has 0 aliphatic heterocycles. The van der Waals surface area contributed by atoms with Crippen molar-refractivity contribution < 1.29 is 0 Å². The van der Waals surface area contributed by atoms with Crippen LogP contribution in [0.5, 0.6) is 0 Å². The van der Waals surface area contributed by atoms with Gasteiger partial charge in [0.15, 0.2) is 0 Å². The third-order valence-corrected chi connectivity index (χ3v) is 8.36. The minimum atomic E-state index is 0.986. The Hall–Kier alpha value is -5.60. The Bertz CT molecular complexity index is 1770. The van der Waals surface area contributed by atoms with Crippen molar-refractivity contribution in [3.8, 4) is 0 Å². The highest BCUT2D eigenvalue weighted by atomic mass is 15.1. The molecule has 0 aromatic heterocycles. The molecule has 0 heterocycles. The van der Waals surface area contributed by atoms with Crippen LogP contribution in [0.1, 0.15) is 36.1 Å². The van der Waals surface area contributed by atoms with E-state index in [-0.39, 0.29) is 0 Å². The Morgan fingerprint density at radius 3 is 1.04 bits per heavy atom. The van der Waals surface area contributed by atoms with Crippen LogP contribution in [0.15, 0.2) is 182 Å². The van der Waals surface area contributed by atoms with Crippen LogP contribution in [0, 0.1) is 0 Å². The van der Waals surface area contributed by atoms with Crippen LogP contribution in [-0.2, 0) is 0 Å². The fourth-order valence-electron chi connectivity index (χ4n) is 5.95. The molecule has 6 rings (SSSR count). The van der Waals surface area contributed by atoms with Crippen molar-refractivity contribution in [1.82, 2.24) is 0 Å². The van der Waals surface area contributed by atoms with Crippen molar-refractivity contribution in [3.05, 3.63) is 204 Å². The molecule has 0 saturated carbocycles. The first-order valence-electron chi connectivity index (χ1n) is 16.1. The molecule has 0 aliphatic carbocycles. The molecule has 0 unspecified atom stereocenters. The van der Waals surface area contributed by atoms with Gasteiger partial charge in [-0.05, 0) is 95.8 Å². The Morgan fingerprint density at radius 1 is 0.370 bits per heavy atom. The molecule has 0 saturated heterocycles. The lowest BCUT2D eigenvalue weighted by Gasteiger charge is -2.25. The Balaban J connectivity index is 1.46. The summed E-state index contributed by atoms with van der Waals surface area (Å²) in [5, 5.41) is 0. The highest BCUT2D eigenvalue weighted by Gasteiger charge is 2.14. The zero-order chi connectivity index (χ0) is 31.6. The second-order valence-corrected chi connectivity index (χ2v) is 11.2. The molecule has 0 N–H and O–H groups in total. The highest BCUT2D eigenvalue weighted by molar-refractivity contribution is 5.87. The van der Waals surface area contributed by atoms with E-state index in [4.69, 9.17) is 0 Å². The number of rotatable bonds is 11. The third-order valence-electron chi connectivity index (χ3n) is 8.36. The quantitative estimate of drug-likeness (QED) is 0.137. The van der Waals surface area contributed by atoms with E-state index in [0.29, 0.717) is 0 Å². The monoisotopic (exact) mass is 596 g/mol. The molecule has 6 aromatic rings. The average molecular weight is 597 g/mol. The number of anilines is 4. The molecule has 0 atom stereocenters. The van der Waals surface area contributed by atoms with Crippen LogP contribution in [0.25, 0.3) is 11.1 Å². The smallest absolute Gasteiger partial charge is 0.0462 e. The zero-order valence-corrected chi connectivity index (χ0v) is 26.6. The lowest BCUT2D eigenvalue weighted by Crippen LogP contribution is -2.21. The molecule has 0 spiro atoms. The second kappa shape index (κ2) is 14.9. The maximum absolute atomic E-state index is 2.38. The molecule has 2 nitrogen and oxygen atoms in total. The van der Waals surface area contributed by atoms with Crippen LogP contribution in [0.2, 0.25) is 0 Å². The van der Waals surface area contributed by atoms with Gasteiger partial charge in [0, 0.05) is 35.8 Å². The van der Waals surface area contributed by atoms with Crippen molar-refractivity contribution in [2.24, 2.45) is 0 Å². The molecular formula is C44H40N2. The largest absolute Gasteiger partial charge is 0.372 e. The normalized spacial score (nSPS) is 11.1. The van der Waals surface area contributed by atoms with Crippen LogP contribution < -0.4 is 9.80 Å². The summed E-state index contributed by atoms with van der Waals surface area (Å²) in [6.07, 6.45) is 4.55. The van der Waals surface area contributed by atoms with Gasteiger partial charge in [-0.3, -0.25) is 0 Å². The first kappa shape index (κ1) is 30.4. The Kier molecular flexibility index (Phi) is 9.87. The number of allylic oxidation sites excluding steroid dienone is 2. The summed E-state index contributed by atoms with van der Waals surface area (Å²) < 4.78 is 0. The fraction of sp³-hybridized carbons (Fsp3) is 0.0909. The lowest BCUT2D eigenvalue weighted by atomic mass is 9.93. The van der Waals surface area contributed by atoms with Crippen molar-refractivity contribution in [2.75, 3.05) is 22.9 Å². The van der Waals surface area contributed by atoms with E-state index >= 15 is 0 Å². The summed E-state index contributed by atoms with van der Waals surface area (Å²) in [5.74, 6) is 0. The van der Waals surface area contributed by atoms with E-state index in [2.05, 4.69) is 206 Å². The summed E-state index contributed by atoms with van der Waals surface area (Å²) in [6.45, 7) is 6.38. The van der Waals surface area contributed by atoms with Gasteiger partial charge >= 0.3 is 0 Å². The minimum absolute atomic E-state index is 0.986. The Morgan fingerprint density at radius 2 is 0.674 bits per heavy atom. The van der Waals surface area contributed by atoms with E-state index in [0.717, 1.165) is 35.7 Å². The molecule has 0 bridgehead atoms. The number of benzene rings is 6. The molecule has 0 aliphatic rings. The van der Waals surface area contributed by atoms with E-state index in [1.807, 2.05) is 0 Å². The highest BCUT2D eigenvalue weighted by Crippen LogP contribution is 2.36. The maximum Gasteiger partial charge on any atom is 0.0462 e. The summed E-state index contributed by atoms with van der Waals surface area (Å²) in [4.78, 5) is 4.68. The van der Waals surface area contributed by atoms with Gasteiger partial charge in [0.1, 0.15) is 0 Å². The van der Waals surface area contributed by atoms with Crippen molar-refractivity contribution in [2.45, 2.75) is 13.8 Å². The van der Waals surface area contributed by atoms with E-state index in [9.17, 15) is 0 Å². The van der Waals surface area contributed by atoms with Gasteiger partial charge in [-0.2, -0.15) is 0 Å². The lowest BCUT2D eigenvalue weighted by molar-refractivity contribution is 0.866. The molecule has 0 radical (unpaired) electrons. The second-order valence-electron chi connectivity index (χ2n) is 11.2. The maximum atomic E-state index is 2.38. The number of hydrogen-bond acceptors (Lipinski definition) is 2. The van der Waals surface area contributed by atoms with Crippen molar-refractivity contribution in [3.63, 3.8) is 0 Å². The molecule has 0 amide bonds. The average Bonchev–Trinajstić information content (AvgIpc) is 3.13.